The highest BCUT2D eigenvalue weighted by molar-refractivity contribution is 9.10. The van der Waals surface area contributed by atoms with Crippen molar-refractivity contribution in [2.75, 3.05) is 6.61 Å². The second-order valence-electron chi connectivity index (χ2n) is 4.81. The van der Waals surface area contributed by atoms with Crippen molar-refractivity contribution in [1.82, 2.24) is 5.32 Å². The Morgan fingerprint density at radius 2 is 2.29 bits per heavy atom. The fourth-order valence-corrected chi connectivity index (χ4v) is 2.91. The highest BCUT2D eigenvalue weighted by atomic mass is 79.9. The third-order valence-electron chi connectivity index (χ3n) is 3.58. The van der Waals surface area contributed by atoms with Gasteiger partial charge in [0.25, 0.3) is 0 Å². The molecular weight excluding hydrogens is 278 g/mol. The molecule has 2 unspecified atom stereocenters. The van der Waals surface area contributed by atoms with Gasteiger partial charge in [0, 0.05) is 16.6 Å². The van der Waals surface area contributed by atoms with Gasteiger partial charge >= 0.3 is 0 Å². The molecule has 2 rings (SSSR count). The van der Waals surface area contributed by atoms with Gasteiger partial charge in [-0.2, -0.15) is 0 Å². The van der Waals surface area contributed by atoms with E-state index >= 15 is 0 Å². The van der Waals surface area contributed by atoms with Crippen LogP contribution in [0.15, 0.2) is 22.7 Å². The second kappa shape index (κ2) is 5.98. The van der Waals surface area contributed by atoms with Crippen molar-refractivity contribution < 1.29 is 5.11 Å². The van der Waals surface area contributed by atoms with E-state index in [0.717, 1.165) is 19.3 Å². The maximum atomic E-state index is 9.22. The molecule has 0 aliphatic heterocycles. The number of fused-ring (bicyclic) bond motifs is 1. The zero-order valence-electron chi connectivity index (χ0n) is 10.2. The van der Waals surface area contributed by atoms with Crippen LogP contribution in [0.25, 0.3) is 0 Å². The molecule has 3 heteroatoms. The molecule has 0 heterocycles. The van der Waals surface area contributed by atoms with E-state index in [-0.39, 0.29) is 12.6 Å². The summed E-state index contributed by atoms with van der Waals surface area (Å²) in [6, 6.07) is 7.32. The van der Waals surface area contributed by atoms with Gasteiger partial charge in [0.1, 0.15) is 0 Å². The Labute approximate surface area is 112 Å². The van der Waals surface area contributed by atoms with E-state index in [1.165, 1.54) is 22.0 Å². The lowest BCUT2D eigenvalue weighted by Crippen LogP contribution is -2.43. The van der Waals surface area contributed by atoms with E-state index in [9.17, 15) is 5.11 Å². The second-order valence-corrected chi connectivity index (χ2v) is 5.72. The van der Waals surface area contributed by atoms with E-state index in [1.807, 2.05) is 0 Å². The lowest BCUT2D eigenvalue weighted by Gasteiger charge is -2.29. The molecule has 1 aromatic carbocycles. The number of aliphatic hydroxyl groups is 1. The van der Waals surface area contributed by atoms with Gasteiger partial charge in [0.15, 0.2) is 0 Å². The summed E-state index contributed by atoms with van der Waals surface area (Å²) in [4.78, 5) is 0. The monoisotopic (exact) mass is 297 g/mol. The molecular formula is C14H20BrNO. The molecule has 0 bridgehead atoms. The third-order valence-corrected chi connectivity index (χ3v) is 4.07. The van der Waals surface area contributed by atoms with Crippen molar-refractivity contribution in [2.24, 2.45) is 0 Å². The first-order chi connectivity index (χ1) is 8.22. The number of hydrogen-bond acceptors (Lipinski definition) is 2. The Morgan fingerprint density at radius 1 is 1.47 bits per heavy atom. The molecule has 0 amide bonds. The van der Waals surface area contributed by atoms with E-state index < -0.39 is 0 Å². The fourth-order valence-electron chi connectivity index (χ4n) is 2.50. The van der Waals surface area contributed by atoms with Gasteiger partial charge in [-0.1, -0.05) is 28.9 Å². The van der Waals surface area contributed by atoms with E-state index in [1.54, 1.807) is 0 Å². The van der Waals surface area contributed by atoms with Crippen LogP contribution in [0.5, 0.6) is 0 Å². The minimum atomic E-state index is 0.236. The van der Waals surface area contributed by atoms with Gasteiger partial charge in [-0.3, -0.25) is 0 Å². The summed E-state index contributed by atoms with van der Waals surface area (Å²) in [6.07, 6.45) is 4.37. The van der Waals surface area contributed by atoms with Gasteiger partial charge < -0.3 is 10.4 Å². The summed E-state index contributed by atoms with van der Waals surface area (Å²) >= 11 is 3.52. The minimum Gasteiger partial charge on any atom is -0.395 e. The number of benzene rings is 1. The number of hydrogen-bond donors (Lipinski definition) is 2. The van der Waals surface area contributed by atoms with Crippen LogP contribution in [0.1, 0.15) is 30.9 Å². The Bertz CT molecular complexity index is 376. The maximum Gasteiger partial charge on any atom is 0.0584 e. The predicted molar refractivity (Wildman–Crippen MR) is 74.3 cm³/mol. The Kier molecular flexibility index (Phi) is 4.60. The standard InChI is InChI=1S/C14H20BrNO/c1-2-13(9-17)16-14-6-4-10-7-12(15)5-3-11(10)8-14/h3,5,7,13-14,16-17H,2,4,6,8-9H2,1H3. The van der Waals surface area contributed by atoms with Crippen molar-refractivity contribution in [3.8, 4) is 0 Å². The van der Waals surface area contributed by atoms with Crippen LogP contribution in [-0.2, 0) is 12.8 Å². The SMILES string of the molecule is CCC(CO)NC1CCc2cc(Br)ccc2C1. The predicted octanol–water partition coefficient (Wildman–Crippen LogP) is 2.67. The number of halogens is 1. The first kappa shape index (κ1) is 13.1. The quantitative estimate of drug-likeness (QED) is 0.896. The lowest BCUT2D eigenvalue weighted by atomic mass is 9.88. The summed E-state index contributed by atoms with van der Waals surface area (Å²) in [5.41, 5.74) is 2.92. The molecule has 0 spiro atoms. The van der Waals surface area contributed by atoms with E-state index in [4.69, 9.17) is 0 Å². The van der Waals surface area contributed by atoms with Gasteiger partial charge in [-0.05, 0) is 48.9 Å². The zero-order valence-corrected chi connectivity index (χ0v) is 11.8. The largest absolute Gasteiger partial charge is 0.395 e. The molecule has 2 atom stereocenters. The van der Waals surface area contributed by atoms with Crippen LogP contribution in [0.2, 0.25) is 0 Å². The van der Waals surface area contributed by atoms with Crippen LogP contribution in [0.4, 0.5) is 0 Å². The average molecular weight is 298 g/mol. The van der Waals surface area contributed by atoms with Crippen molar-refractivity contribution in [2.45, 2.75) is 44.7 Å². The number of nitrogens with one attached hydrogen (secondary N) is 1. The van der Waals surface area contributed by atoms with Gasteiger partial charge in [0.2, 0.25) is 0 Å². The van der Waals surface area contributed by atoms with Crippen LogP contribution < -0.4 is 5.32 Å². The fraction of sp³-hybridized carbons (Fsp3) is 0.571. The minimum absolute atomic E-state index is 0.236. The molecule has 2 nitrogen and oxygen atoms in total. The molecule has 17 heavy (non-hydrogen) atoms. The average Bonchev–Trinajstić information content (AvgIpc) is 2.36. The Hall–Kier alpha value is -0.380. The van der Waals surface area contributed by atoms with Crippen LogP contribution >= 0.6 is 15.9 Å². The highest BCUT2D eigenvalue weighted by Crippen LogP contribution is 2.25. The molecule has 1 aliphatic rings. The van der Waals surface area contributed by atoms with Crippen molar-refractivity contribution in [3.05, 3.63) is 33.8 Å². The van der Waals surface area contributed by atoms with Gasteiger partial charge in [-0.15, -0.1) is 0 Å². The molecule has 0 fully saturated rings. The molecule has 0 aromatic heterocycles. The van der Waals surface area contributed by atoms with Crippen LogP contribution in [-0.4, -0.2) is 23.8 Å². The number of aryl methyl sites for hydroxylation is 1. The lowest BCUT2D eigenvalue weighted by molar-refractivity contribution is 0.223. The molecule has 0 saturated carbocycles. The smallest absolute Gasteiger partial charge is 0.0584 e. The topological polar surface area (TPSA) is 32.3 Å². The van der Waals surface area contributed by atoms with Gasteiger partial charge in [0.05, 0.1) is 6.61 Å². The van der Waals surface area contributed by atoms with Crippen LogP contribution in [0, 0.1) is 0 Å². The highest BCUT2D eigenvalue weighted by Gasteiger charge is 2.20. The molecule has 0 radical (unpaired) electrons. The maximum absolute atomic E-state index is 9.22. The zero-order chi connectivity index (χ0) is 12.3. The molecule has 1 aromatic rings. The summed E-state index contributed by atoms with van der Waals surface area (Å²) in [5, 5.41) is 12.8. The van der Waals surface area contributed by atoms with Crippen LogP contribution in [0.3, 0.4) is 0 Å². The summed E-state index contributed by atoms with van der Waals surface area (Å²) in [7, 11) is 0. The van der Waals surface area contributed by atoms with E-state index in [2.05, 4.69) is 46.4 Å². The molecule has 0 saturated heterocycles. The normalized spacial score (nSPS) is 21.0. The number of aliphatic hydroxyl groups excluding tert-OH is 1. The summed E-state index contributed by atoms with van der Waals surface area (Å²) in [5.74, 6) is 0. The molecule has 94 valence electrons. The molecule has 1 aliphatic carbocycles. The van der Waals surface area contributed by atoms with E-state index in [0.29, 0.717) is 6.04 Å². The first-order valence-corrected chi connectivity index (χ1v) is 7.16. The summed E-state index contributed by atoms with van der Waals surface area (Å²) in [6.45, 7) is 2.35. The van der Waals surface area contributed by atoms with Crippen molar-refractivity contribution >= 4 is 15.9 Å². The first-order valence-electron chi connectivity index (χ1n) is 6.37. The van der Waals surface area contributed by atoms with Crippen molar-refractivity contribution in [3.63, 3.8) is 0 Å². The Morgan fingerprint density at radius 3 is 3.00 bits per heavy atom. The summed E-state index contributed by atoms with van der Waals surface area (Å²) < 4.78 is 1.17. The Balaban J connectivity index is 2.01. The molecule has 2 N–H and O–H groups in total. The third kappa shape index (κ3) is 3.30. The van der Waals surface area contributed by atoms with Gasteiger partial charge in [-0.25, -0.2) is 0 Å². The van der Waals surface area contributed by atoms with Crippen molar-refractivity contribution in [1.29, 1.82) is 0 Å². The number of rotatable bonds is 4.